The third-order valence-electron chi connectivity index (χ3n) is 8.45. The highest BCUT2D eigenvalue weighted by Crippen LogP contribution is 2.65. The highest BCUT2D eigenvalue weighted by atomic mass is 16.7. The molecule has 190 valence electrons. The molecule has 1 saturated heterocycles. The number of carbonyl (C=O) groups excluding carboxylic acids is 1. The monoisotopic (exact) mass is 494 g/mol. The number of para-hydroxylation sites is 1. The summed E-state index contributed by atoms with van der Waals surface area (Å²) in [4.78, 5) is 28.6. The van der Waals surface area contributed by atoms with E-state index in [-0.39, 0.29) is 35.2 Å². The molecule has 9 nitrogen and oxygen atoms in total. The molecule has 10 heteroatoms. The summed E-state index contributed by atoms with van der Waals surface area (Å²) in [6.07, 6.45) is 7.89. The first-order valence-corrected chi connectivity index (χ1v) is 12.2. The fourth-order valence-corrected chi connectivity index (χ4v) is 6.37. The summed E-state index contributed by atoms with van der Waals surface area (Å²) in [5.41, 5.74) is 0.950. The van der Waals surface area contributed by atoms with Gasteiger partial charge in [0.15, 0.2) is 6.39 Å². The minimum atomic E-state index is -1.08. The maximum Gasteiger partial charge on any atom is 0.482 e. The van der Waals surface area contributed by atoms with Gasteiger partial charge in [-0.2, -0.15) is 0 Å². The van der Waals surface area contributed by atoms with Crippen molar-refractivity contribution in [2.24, 2.45) is 17.3 Å². The number of ether oxygens (including phenoxy) is 1. The number of oxazole rings is 1. The van der Waals surface area contributed by atoms with Crippen LogP contribution in [0.25, 0.3) is 6.08 Å². The summed E-state index contributed by atoms with van der Waals surface area (Å²) < 4.78 is 23.5. The van der Waals surface area contributed by atoms with Crippen LogP contribution in [0, 0.1) is 17.3 Å². The van der Waals surface area contributed by atoms with Crippen molar-refractivity contribution in [2.45, 2.75) is 57.7 Å². The molecule has 2 aromatic rings. The van der Waals surface area contributed by atoms with Crippen molar-refractivity contribution < 1.29 is 33.2 Å². The van der Waals surface area contributed by atoms with Crippen LogP contribution in [-0.4, -0.2) is 53.8 Å². The van der Waals surface area contributed by atoms with E-state index in [2.05, 4.69) is 31.1 Å². The zero-order valence-electron chi connectivity index (χ0n) is 20.9. The van der Waals surface area contributed by atoms with Gasteiger partial charge in [-0.3, -0.25) is 4.79 Å². The number of carboxylic acid groups (broad SMARTS) is 1. The second-order valence-electron chi connectivity index (χ2n) is 10.7. The second-order valence-corrected chi connectivity index (χ2v) is 10.7. The van der Waals surface area contributed by atoms with Gasteiger partial charge in [0.05, 0.1) is 24.8 Å². The van der Waals surface area contributed by atoms with Crippen molar-refractivity contribution in [3.63, 3.8) is 0 Å². The Bertz CT molecular complexity index is 1180. The third kappa shape index (κ3) is 4.12. The van der Waals surface area contributed by atoms with Crippen LogP contribution in [0.15, 0.2) is 41.3 Å². The molecule has 1 aliphatic heterocycles. The van der Waals surface area contributed by atoms with Crippen molar-refractivity contribution in [3.8, 4) is 5.75 Å². The van der Waals surface area contributed by atoms with Crippen molar-refractivity contribution in [2.75, 3.05) is 7.11 Å². The fraction of sp³-hybridized carbons (Fsp3) is 0.500. The van der Waals surface area contributed by atoms with Crippen molar-refractivity contribution in [1.82, 2.24) is 10.3 Å². The zero-order chi connectivity index (χ0) is 25.7. The van der Waals surface area contributed by atoms with Crippen LogP contribution < -0.4 is 10.1 Å². The van der Waals surface area contributed by atoms with Gasteiger partial charge in [0.25, 0.3) is 0 Å². The molecule has 36 heavy (non-hydrogen) atoms. The molecule has 5 atom stereocenters. The molecule has 0 radical (unpaired) electrons. The van der Waals surface area contributed by atoms with Gasteiger partial charge in [-0.25, -0.2) is 9.78 Å². The first kappa shape index (κ1) is 24.6. The number of carboxylic acids is 1. The van der Waals surface area contributed by atoms with Crippen LogP contribution in [0.1, 0.15) is 55.2 Å². The number of hydrogen-bond donors (Lipinski definition) is 2. The van der Waals surface area contributed by atoms with Crippen LogP contribution in [0.5, 0.6) is 5.75 Å². The van der Waals surface area contributed by atoms with E-state index >= 15 is 0 Å². The highest BCUT2D eigenvalue weighted by Gasteiger charge is 2.68. The number of hydrogen-bond acceptors (Lipinski definition) is 7. The van der Waals surface area contributed by atoms with Crippen LogP contribution >= 0.6 is 0 Å². The van der Waals surface area contributed by atoms with Gasteiger partial charge in [0, 0.05) is 6.08 Å². The number of aromatic nitrogens is 1. The Balaban J connectivity index is 1.42. The Morgan fingerprint density at radius 1 is 1.33 bits per heavy atom. The van der Waals surface area contributed by atoms with E-state index in [4.69, 9.17) is 18.5 Å². The molecule has 2 heterocycles. The number of aromatic carboxylic acids is 1. The second kappa shape index (κ2) is 9.08. The average molecular weight is 494 g/mol. The lowest BCUT2D eigenvalue weighted by molar-refractivity contribution is -0.199. The number of nitrogens with zero attached hydrogens (tertiary/aromatic N) is 1. The SMILES string of the molecule is COc1c(CC(NC(=O)C=Cc2cocn2)B2OC3CC4CC(C4(C)C)C3(C)O2)cccc1C(=O)O. The summed E-state index contributed by atoms with van der Waals surface area (Å²) in [6, 6.07) is 4.95. The lowest BCUT2D eigenvalue weighted by Crippen LogP contribution is -2.65. The molecule has 1 aromatic carbocycles. The highest BCUT2D eigenvalue weighted by molar-refractivity contribution is 6.48. The zero-order valence-corrected chi connectivity index (χ0v) is 20.9. The summed E-state index contributed by atoms with van der Waals surface area (Å²) >= 11 is 0. The quantitative estimate of drug-likeness (QED) is 0.424. The molecule has 1 amide bonds. The number of methoxy groups -OCH3 is 1. The van der Waals surface area contributed by atoms with Gasteiger partial charge in [0.1, 0.15) is 23.3 Å². The molecule has 1 aromatic heterocycles. The largest absolute Gasteiger partial charge is 0.496 e. The van der Waals surface area contributed by atoms with E-state index < -0.39 is 24.6 Å². The van der Waals surface area contributed by atoms with E-state index in [1.807, 2.05) is 0 Å². The number of nitrogens with one attached hydrogen (secondary N) is 1. The Morgan fingerprint density at radius 3 is 2.81 bits per heavy atom. The normalized spacial score (nSPS) is 28.9. The van der Waals surface area contributed by atoms with E-state index in [9.17, 15) is 14.7 Å². The van der Waals surface area contributed by atoms with E-state index in [0.717, 1.165) is 12.8 Å². The van der Waals surface area contributed by atoms with E-state index in [1.165, 1.54) is 31.9 Å². The molecule has 2 bridgehead atoms. The standard InChI is InChI=1S/C26H31BN2O7/c1-25(2)16-11-19(25)26(3)20(12-16)35-27(36-26)21(29-22(30)9-8-17-13-34-14-28-17)10-15-6-5-7-18(24(31)32)23(15)33-4/h5-9,13-14,16,19-21H,10-12H2,1-4H3,(H,29,30)(H,31,32). The lowest BCUT2D eigenvalue weighted by Gasteiger charge is -2.64. The van der Waals surface area contributed by atoms with Gasteiger partial charge >= 0.3 is 13.1 Å². The predicted molar refractivity (Wildman–Crippen MR) is 131 cm³/mol. The first-order chi connectivity index (χ1) is 17.1. The molecule has 4 aliphatic rings. The van der Waals surface area contributed by atoms with E-state index in [1.54, 1.807) is 18.2 Å². The molecule has 6 rings (SSSR count). The van der Waals surface area contributed by atoms with Crippen LogP contribution in [-0.2, 0) is 20.5 Å². The molecular weight excluding hydrogens is 463 g/mol. The molecule has 4 fully saturated rings. The van der Waals surface area contributed by atoms with Crippen molar-refractivity contribution in [1.29, 1.82) is 0 Å². The van der Waals surface area contributed by atoms with Crippen molar-refractivity contribution >= 4 is 25.1 Å². The molecule has 2 N–H and O–H groups in total. The number of amides is 1. The van der Waals surface area contributed by atoms with Crippen LogP contribution in [0.3, 0.4) is 0 Å². The molecular formula is C26H31BN2O7. The number of benzene rings is 1. The maximum atomic E-state index is 12.9. The molecule has 3 saturated carbocycles. The van der Waals surface area contributed by atoms with Gasteiger partial charge in [0.2, 0.25) is 5.91 Å². The average Bonchev–Trinajstić information content (AvgIpc) is 3.48. The summed E-state index contributed by atoms with van der Waals surface area (Å²) in [5, 5.41) is 12.6. The minimum absolute atomic E-state index is 0.0578. The minimum Gasteiger partial charge on any atom is -0.496 e. The smallest absolute Gasteiger partial charge is 0.482 e. The third-order valence-corrected chi connectivity index (χ3v) is 8.45. The first-order valence-electron chi connectivity index (χ1n) is 12.2. The summed E-state index contributed by atoms with van der Waals surface area (Å²) in [5.74, 6) is -0.805. The maximum absolute atomic E-state index is 12.9. The van der Waals surface area contributed by atoms with Gasteiger partial charge in [-0.15, -0.1) is 0 Å². The number of rotatable bonds is 8. The Kier molecular flexibility index (Phi) is 6.20. The van der Waals surface area contributed by atoms with Gasteiger partial charge in [-0.05, 0) is 61.1 Å². The molecule has 0 spiro atoms. The predicted octanol–water partition coefficient (Wildman–Crippen LogP) is 3.39. The Labute approximate surface area is 210 Å². The summed E-state index contributed by atoms with van der Waals surface area (Å²) in [7, 11) is 0.741. The van der Waals surface area contributed by atoms with Crippen LogP contribution in [0.2, 0.25) is 0 Å². The van der Waals surface area contributed by atoms with Crippen molar-refractivity contribution in [3.05, 3.63) is 53.8 Å². The van der Waals surface area contributed by atoms with Gasteiger partial charge in [-0.1, -0.05) is 26.0 Å². The van der Waals surface area contributed by atoms with Gasteiger partial charge < -0.3 is 28.9 Å². The lowest BCUT2D eigenvalue weighted by atomic mass is 9.43. The van der Waals surface area contributed by atoms with Crippen LogP contribution in [0.4, 0.5) is 0 Å². The fourth-order valence-electron chi connectivity index (χ4n) is 6.37. The summed E-state index contributed by atoms with van der Waals surface area (Å²) in [6.45, 7) is 6.70. The Hall–Kier alpha value is -3.11. The topological polar surface area (TPSA) is 120 Å². The Morgan fingerprint density at radius 2 is 2.14 bits per heavy atom. The van der Waals surface area contributed by atoms with E-state index in [0.29, 0.717) is 23.1 Å². The number of carbonyl (C=O) groups is 2. The molecule has 3 aliphatic carbocycles. The molecule has 5 unspecified atom stereocenters.